The van der Waals surface area contributed by atoms with Crippen LogP contribution in [0.25, 0.3) is 61.0 Å². The van der Waals surface area contributed by atoms with Gasteiger partial charge in [0.2, 0.25) is 0 Å². The number of rotatable bonds is 8. The summed E-state index contributed by atoms with van der Waals surface area (Å²) in [4.78, 5) is 7.74. The van der Waals surface area contributed by atoms with Crippen molar-refractivity contribution in [1.29, 1.82) is 0 Å². The Morgan fingerprint density at radius 1 is 0.631 bits per heavy atom. The molecule has 0 saturated carbocycles. The Bertz CT molecular complexity index is 4480. The first-order valence-corrected chi connectivity index (χ1v) is 20.1. The van der Waals surface area contributed by atoms with Crippen molar-refractivity contribution in [3.8, 4) is 50.7 Å². The Morgan fingerprint density at radius 3 is 2.12 bits per heavy atom. The van der Waals surface area contributed by atoms with E-state index in [0.717, 1.165) is 15.7 Å². The van der Waals surface area contributed by atoms with Crippen molar-refractivity contribution in [2.75, 3.05) is 9.80 Å². The van der Waals surface area contributed by atoms with E-state index in [9.17, 15) is 8.22 Å². The molecule has 10 aromatic rings. The Hall–Kier alpha value is -7.20. The summed E-state index contributed by atoms with van der Waals surface area (Å²) in [6.45, 7) is 4.83. The number of ether oxygens (including phenoxy) is 1. The van der Waals surface area contributed by atoms with Crippen LogP contribution < -0.4 is 14.5 Å². The van der Waals surface area contributed by atoms with Crippen LogP contribution in [-0.4, -0.2) is 9.55 Å². The van der Waals surface area contributed by atoms with Gasteiger partial charge in [-0.05, 0) is 82.7 Å². The van der Waals surface area contributed by atoms with Gasteiger partial charge in [0.15, 0.2) is 0 Å². The second kappa shape index (κ2) is 17.1. The van der Waals surface area contributed by atoms with Gasteiger partial charge in [-0.25, -0.2) is 4.98 Å². The number of nitrogens with zero attached hydrogens (tertiary/aromatic N) is 4. The summed E-state index contributed by atoms with van der Waals surface area (Å²) in [7, 11) is 0. The maximum Gasteiger partial charge on any atom is 0.135 e. The van der Waals surface area contributed by atoms with Gasteiger partial charge < -0.3 is 19.1 Å². The van der Waals surface area contributed by atoms with Gasteiger partial charge >= 0.3 is 0 Å². The number of aromatic nitrogens is 2. The zero-order valence-corrected chi connectivity index (χ0v) is 36.9. The Labute approximate surface area is 425 Å². The minimum absolute atomic E-state index is 0. The summed E-state index contributed by atoms with van der Waals surface area (Å²) in [5.74, 6) is -1.26. The minimum atomic E-state index is -3.17. The van der Waals surface area contributed by atoms with Crippen molar-refractivity contribution in [2.24, 2.45) is 0 Å². The molecule has 0 aliphatic carbocycles. The molecule has 0 N–H and O–H groups in total. The van der Waals surface area contributed by atoms with Crippen LogP contribution in [0.2, 0.25) is 0 Å². The molecule has 0 fully saturated rings. The van der Waals surface area contributed by atoms with E-state index < -0.39 is 155 Å². The molecule has 65 heavy (non-hydrogen) atoms. The van der Waals surface area contributed by atoms with Crippen LogP contribution in [0.1, 0.15) is 60.7 Å². The van der Waals surface area contributed by atoms with Crippen molar-refractivity contribution < 1.29 is 54.6 Å². The fourth-order valence-corrected chi connectivity index (χ4v) is 7.77. The number of benzene rings is 8. The van der Waals surface area contributed by atoms with E-state index in [1.165, 1.54) is 6.07 Å². The Morgan fingerprint density at radius 2 is 1.35 bits per heavy atom. The third kappa shape index (κ3) is 7.81. The molecule has 0 bridgehead atoms. The summed E-state index contributed by atoms with van der Waals surface area (Å²) in [5.41, 5.74) is 1.53. The molecule has 0 unspecified atom stereocenters. The van der Waals surface area contributed by atoms with Crippen LogP contribution in [0.4, 0.5) is 22.7 Å². The standard InChI is InChI=1S/C59H45N4O.Pt/c1-40-32-33-60-57(34-40)63-53-31-28-43(41-16-7-5-8-17-41)36-52(53)51-30-29-48(38-56(51)63)64-47-23-14-22-46(37-47)61-39-62(55-27-12-11-26-54(55)61)58-49(42-18-9-6-10-19-42)24-15-25-50(58)44-20-13-21-45(35-44)59(2,3)4;/h5-36,39H,1-4H3;/q-3;/i1D3,5D,6D,7D,8D,9D,10D,16D,17D,18D,19D,28D,29D,30D,31D,32D,33D,34D,36D;. The molecule has 3 heterocycles. The monoisotopic (exact) mass is 1040 g/mol. The van der Waals surface area contributed by atoms with Crippen LogP contribution in [0.15, 0.2) is 194 Å². The summed E-state index contributed by atoms with van der Waals surface area (Å²) >= 11 is 0. The fourth-order valence-electron chi connectivity index (χ4n) is 7.77. The second-order valence-corrected chi connectivity index (χ2v) is 15.8. The number of hydrogen-bond donors (Lipinski definition) is 0. The van der Waals surface area contributed by atoms with Crippen molar-refractivity contribution >= 4 is 44.6 Å². The average Bonchev–Trinajstić information content (AvgIpc) is 1.57. The van der Waals surface area contributed by atoms with Gasteiger partial charge in [0.05, 0.1) is 21.9 Å². The SMILES string of the molecule is [2H]c1nc(-n2c3[c-]c(Oc4[c-]c(N5[CH-]N(c6c(-c7cccc(C(C)(C)C)c7)cccc6-c6c([2H])c([2H])c([2H])c([2H])c6[2H])c6ccccc65)ccc4)c([2H])c([2H])c3c3c([2H])c(-c4c([2H])c([2H])c([2H])c([2H])c4[2H])c([2H])c([2H])c32)c([2H])c(C([2H])([2H])[2H])c1[2H].[Pt]. The van der Waals surface area contributed by atoms with Crippen molar-refractivity contribution in [3.63, 3.8) is 0 Å². The molecule has 1 aliphatic rings. The van der Waals surface area contributed by atoms with Crippen molar-refractivity contribution in [2.45, 2.75) is 33.0 Å². The molecular formula is C59H45N4OPt-3. The van der Waals surface area contributed by atoms with E-state index in [-0.39, 0.29) is 48.7 Å². The van der Waals surface area contributed by atoms with E-state index in [0.29, 0.717) is 33.9 Å². The van der Waals surface area contributed by atoms with Gasteiger partial charge in [-0.3, -0.25) is 0 Å². The van der Waals surface area contributed by atoms with Gasteiger partial charge in [0.25, 0.3) is 0 Å². The molecule has 1 aliphatic heterocycles. The molecule has 0 atom stereocenters. The number of pyridine rings is 1. The third-order valence-corrected chi connectivity index (χ3v) is 10.7. The molecule has 0 spiro atoms. The van der Waals surface area contributed by atoms with Gasteiger partial charge in [0, 0.05) is 77.9 Å². The first kappa shape index (κ1) is 24.2. The molecule has 0 saturated heterocycles. The van der Waals surface area contributed by atoms with E-state index >= 15 is 0 Å². The van der Waals surface area contributed by atoms with Gasteiger partial charge in [-0.1, -0.05) is 153 Å². The van der Waals surface area contributed by atoms with E-state index in [1.54, 1.807) is 35.8 Å². The number of anilines is 4. The number of para-hydroxylation sites is 3. The quantitative estimate of drug-likeness (QED) is 0.142. The summed E-state index contributed by atoms with van der Waals surface area (Å²) in [6, 6.07) is 19.6. The predicted octanol–water partition coefficient (Wildman–Crippen LogP) is 15.6. The molecule has 0 radical (unpaired) electrons. The zero-order valence-electron chi connectivity index (χ0n) is 55.7. The molecule has 320 valence electrons. The first-order chi connectivity index (χ1) is 40.0. The topological polar surface area (TPSA) is 33.5 Å². The zero-order chi connectivity index (χ0) is 61.5. The van der Waals surface area contributed by atoms with Crippen LogP contribution >= 0.6 is 0 Å². The van der Waals surface area contributed by atoms with Crippen LogP contribution in [0.5, 0.6) is 11.5 Å². The maximum absolute atomic E-state index is 9.62. The van der Waals surface area contributed by atoms with Gasteiger partial charge in [0.1, 0.15) is 5.82 Å². The normalized spacial score (nSPS) is 17.1. The predicted molar refractivity (Wildman–Crippen MR) is 264 cm³/mol. The Balaban J connectivity index is 0.00000820. The smallest absolute Gasteiger partial charge is 0.135 e. The van der Waals surface area contributed by atoms with Crippen molar-refractivity contribution in [3.05, 3.63) is 224 Å². The molecule has 6 heteroatoms. The fraction of sp³-hybridized carbons (Fsp3) is 0.0847. The molecular weight excluding hydrogens is 976 g/mol. The largest absolute Gasteiger partial charge is 0.509 e. The number of fused-ring (bicyclic) bond motifs is 4. The van der Waals surface area contributed by atoms with Gasteiger partial charge in [-0.15, -0.1) is 48.1 Å². The summed E-state index contributed by atoms with van der Waals surface area (Å²) in [5, 5.41) is -0.788. The molecule has 11 rings (SSSR count). The van der Waals surface area contributed by atoms with E-state index in [2.05, 4.69) is 44.0 Å². The third-order valence-electron chi connectivity index (χ3n) is 10.7. The second-order valence-electron chi connectivity index (χ2n) is 15.8. The van der Waals surface area contributed by atoms with E-state index in [1.807, 2.05) is 53.4 Å². The van der Waals surface area contributed by atoms with E-state index in [4.69, 9.17) is 25.3 Å². The Kier molecular flexibility index (Phi) is 6.35. The van der Waals surface area contributed by atoms with Crippen LogP contribution in [-0.2, 0) is 26.5 Å². The average molecular weight is 1040 g/mol. The molecule has 5 nitrogen and oxygen atoms in total. The molecule has 0 amide bonds. The molecule has 8 aromatic carbocycles. The molecule has 2 aromatic heterocycles. The summed E-state index contributed by atoms with van der Waals surface area (Å²) in [6.07, 6.45) is -0.917. The van der Waals surface area contributed by atoms with Crippen LogP contribution in [0.3, 0.4) is 0 Å². The van der Waals surface area contributed by atoms with Crippen LogP contribution in [0, 0.1) is 25.7 Å². The number of hydrogen-bond acceptors (Lipinski definition) is 4. The minimum Gasteiger partial charge on any atom is -0.509 e. The summed E-state index contributed by atoms with van der Waals surface area (Å²) < 4.78 is 192. The maximum atomic E-state index is 9.62. The van der Waals surface area contributed by atoms with Crippen molar-refractivity contribution in [1.82, 2.24) is 9.55 Å². The first-order valence-electron chi connectivity index (χ1n) is 30.6. The van der Waals surface area contributed by atoms with Gasteiger partial charge in [-0.2, -0.15) is 12.1 Å².